The molecular formula is C30H40N6O3. The summed E-state index contributed by atoms with van der Waals surface area (Å²) in [7, 11) is 1.71. The Morgan fingerprint density at radius 3 is 2.72 bits per heavy atom. The fourth-order valence-electron chi connectivity index (χ4n) is 5.51. The molecule has 5 N–H and O–H groups in total. The summed E-state index contributed by atoms with van der Waals surface area (Å²) >= 11 is 0. The van der Waals surface area contributed by atoms with Crippen molar-refractivity contribution in [3.63, 3.8) is 0 Å². The SMILES string of the molecule is CCC[C@@H](CO)Nc1nc(N)nc2c3ccccc3n(Cc3cc(CNC4(C)CCOCC4)ccc3OC)c12. The Morgan fingerprint density at radius 1 is 1.18 bits per heavy atom. The number of rotatable bonds is 11. The fraction of sp³-hybridized carbons (Fsp3) is 0.467. The lowest BCUT2D eigenvalue weighted by Crippen LogP contribution is -2.46. The largest absolute Gasteiger partial charge is 0.496 e. The first-order chi connectivity index (χ1) is 18.9. The zero-order chi connectivity index (χ0) is 27.4. The number of nitrogen functional groups attached to an aromatic ring is 1. The van der Waals surface area contributed by atoms with Crippen LogP contribution in [0.15, 0.2) is 42.5 Å². The maximum Gasteiger partial charge on any atom is 0.222 e. The van der Waals surface area contributed by atoms with E-state index in [1.165, 1.54) is 5.56 Å². The van der Waals surface area contributed by atoms with Crippen molar-refractivity contribution >= 4 is 33.7 Å². The minimum atomic E-state index is -0.130. The van der Waals surface area contributed by atoms with Gasteiger partial charge in [0.15, 0.2) is 5.82 Å². The van der Waals surface area contributed by atoms with Crippen molar-refractivity contribution in [1.82, 2.24) is 19.9 Å². The number of nitrogens with one attached hydrogen (secondary N) is 2. The molecule has 0 bridgehead atoms. The number of aliphatic hydroxyl groups is 1. The van der Waals surface area contributed by atoms with Crippen LogP contribution in [0, 0.1) is 0 Å². The molecule has 0 aliphatic carbocycles. The first-order valence-corrected chi connectivity index (χ1v) is 13.8. The Morgan fingerprint density at radius 2 is 1.97 bits per heavy atom. The minimum absolute atomic E-state index is 0.00732. The third kappa shape index (κ3) is 5.80. The van der Waals surface area contributed by atoms with Crippen molar-refractivity contribution in [2.45, 2.75) is 64.2 Å². The van der Waals surface area contributed by atoms with E-state index in [-0.39, 0.29) is 24.1 Å². The van der Waals surface area contributed by atoms with Crippen LogP contribution in [0.25, 0.3) is 21.9 Å². The molecule has 9 nitrogen and oxygen atoms in total. The predicted molar refractivity (Wildman–Crippen MR) is 156 cm³/mol. The second-order valence-corrected chi connectivity index (χ2v) is 10.7. The van der Waals surface area contributed by atoms with Gasteiger partial charge >= 0.3 is 0 Å². The average molecular weight is 533 g/mol. The molecule has 0 unspecified atom stereocenters. The number of fused-ring (bicyclic) bond motifs is 3. The smallest absolute Gasteiger partial charge is 0.222 e. The lowest BCUT2D eigenvalue weighted by Gasteiger charge is -2.34. The summed E-state index contributed by atoms with van der Waals surface area (Å²) in [5.74, 6) is 1.66. The molecule has 2 aromatic heterocycles. The highest BCUT2D eigenvalue weighted by molar-refractivity contribution is 6.09. The molecule has 5 rings (SSSR count). The van der Waals surface area contributed by atoms with Crippen molar-refractivity contribution in [1.29, 1.82) is 0 Å². The summed E-state index contributed by atoms with van der Waals surface area (Å²) in [6.07, 6.45) is 3.76. The predicted octanol–water partition coefficient (Wildman–Crippen LogP) is 4.46. The summed E-state index contributed by atoms with van der Waals surface area (Å²) < 4.78 is 13.6. The number of hydrogen-bond acceptors (Lipinski definition) is 8. The van der Waals surface area contributed by atoms with E-state index in [4.69, 9.17) is 15.2 Å². The van der Waals surface area contributed by atoms with Gasteiger partial charge in [-0.1, -0.05) is 37.6 Å². The number of para-hydroxylation sites is 1. The highest BCUT2D eigenvalue weighted by atomic mass is 16.5. The normalized spacial score (nSPS) is 16.0. The van der Waals surface area contributed by atoms with Gasteiger partial charge in [-0.3, -0.25) is 0 Å². The monoisotopic (exact) mass is 532 g/mol. The maximum atomic E-state index is 9.99. The van der Waals surface area contributed by atoms with Crippen LogP contribution < -0.4 is 21.1 Å². The molecule has 39 heavy (non-hydrogen) atoms. The zero-order valence-electron chi connectivity index (χ0n) is 23.2. The van der Waals surface area contributed by atoms with Crippen LogP contribution in [-0.2, 0) is 17.8 Å². The number of methoxy groups -OCH3 is 1. The summed E-state index contributed by atoms with van der Waals surface area (Å²) in [5, 5.41) is 18.2. The number of aliphatic hydroxyl groups excluding tert-OH is 1. The number of nitrogens with zero attached hydrogens (tertiary/aromatic N) is 3. The van der Waals surface area contributed by atoms with Crippen LogP contribution in [0.5, 0.6) is 5.75 Å². The molecule has 2 aromatic carbocycles. The van der Waals surface area contributed by atoms with E-state index in [1.54, 1.807) is 7.11 Å². The molecule has 1 saturated heterocycles. The van der Waals surface area contributed by atoms with Crippen molar-refractivity contribution in [3.05, 3.63) is 53.6 Å². The quantitative estimate of drug-likeness (QED) is 0.224. The van der Waals surface area contributed by atoms with Crippen molar-refractivity contribution < 1.29 is 14.6 Å². The summed E-state index contributed by atoms with van der Waals surface area (Å²) in [4.78, 5) is 9.24. The zero-order valence-corrected chi connectivity index (χ0v) is 23.2. The second kappa shape index (κ2) is 11.8. The van der Waals surface area contributed by atoms with Crippen molar-refractivity contribution in [2.75, 3.05) is 38.0 Å². The van der Waals surface area contributed by atoms with E-state index in [9.17, 15) is 5.11 Å². The Labute approximate surface area is 229 Å². The number of ether oxygens (including phenoxy) is 2. The number of anilines is 2. The molecule has 1 fully saturated rings. The number of benzene rings is 2. The van der Waals surface area contributed by atoms with Gasteiger partial charge in [0.25, 0.3) is 0 Å². The van der Waals surface area contributed by atoms with E-state index in [1.807, 2.05) is 18.2 Å². The molecule has 4 aromatic rings. The Balaban J connectivity index is 1.56. The van der Waals surface area contributed by atoms with Gasteiger partial charge in [-0.15, -0.1) is 0 Å². The topological polar surface area (TPSA) is 119 Å². The first-order valence-electron chi connectivity index (χ1n) is 13.8. The number of hydrogen-bond donors (Lipinski definition) is 4. The summed E-state index contributed by atoms with van der Waals surface area (Å²) in [5.41, 5.74) is 11.2. The molecule has 0 radical (unpaired) electrons. The van der Waals surface area contributed by atoms with E-state index >= 15 is 0 Å². The molecule has 1 aliphatic rings. The third-order valence-electron chi connectivity index (χ3n) is 7.81. The van der Waals surface area contributed by atoms with Gasteiger partial charge in [-0.2, -0.15) is 4.98 Å². The highest BCUT2D eigenvalue weighted by Crippen LogP contribution is 2.34. The molecule has 9 heteroatoms. The van der Waals surface area contributed by atoms with Crippen molar-refractivity contribution in [3.8, 4) is 5.75 Å². The van der Waals surface area contributed by atoms with Crippen LogP contribution >= 0.6 is 0 Å². The van der Waals surface area contributed by atoms with Gasteiger partial charge in [-0.25, -0.2) is 4.98 Å². The van der Waals surface area contributed by atoms with Crippen LogP contribution in [0.2, 0.25) is 0 Å². The summed E-state index contributed by atoms with van der Waals surface area (Å²) in [6.45, 7) is 7.30. The molecule has 0 spiro atoms. The van der Waals surface area contributed by atoms with Gasteiger partial charge in [-0.05, 0) is 49.9 Å². The lowest BCUT2D eigenvalue weighted by molar-refractivity contribution is 0.0446. The fourth-order valence-corrected chi connectivity index (χ4v) is 5.51. The third-order valence-corrected chi connectivity index (χ3v) is 7.81. The molecule has 0 amide bonds. The van der Waals surface area contributed by atoms with Gasteiger partial charge in [0.1, 0.15) is 16.8 Å². The van der Waals surface area contributed by atoms with Gasteiger partial charge < -0.3 is 35.5 Å². The van der Waals surface area contributed by atoms with Gasteiger partial charge in [0.05, 0.1) is 31.8 Å². The first kappa shape index (κ1) is 27.2. The average Bonchev–Trinajstić information content (AvgIpc) is 3.25. The molecule has 0 saturated carbocycles. The maximum absolute atomic E-state index is 9.99. The van der Waals surface area contributed by atoms with Crippen LogP contribution in [-0.4, -0.2) is 58.2 Å². The molecule has 3 heterocycles. The standard InChI is InChI=1S/C30H40N6O3/c1-4-7-22(19-37)33-28-27-26(34-29(31)35-28)23-8-5-6-9-24(23)36(27)18-21-16-20(10-11-25(21)38-3)17-32-30(2)12-14-39-15-13-30/h5-6,8-11,16,22,32,37H,4,7,12-15,17-19H2,1-3H3,(H3,31,33,34,35)/t22-/m0/s1. The van der Waals surface area contributed by atoms with Crippen molar-refractivity contribution in [2.24, 2.45) is 0 Å². The van der Waals surface area contributed by atoms with E-state index < -0.39 is 0 Å². The van der Waals surface area contributed by atoms with E-state index in [0.717, 1.165) is 78.7 Å². The van der Waals surface area contributed by atoms with Gasteiger partial charge in [0, 0.05) is 36.2 Å². The Hall–Kier alpha value is -3.40. The molecular weight excluding hydrogens is 492 g/mol. The number of nitrogens with two attached hydrogens (primary N) is 1. The molecule has 1 aliphatic heterocycles. The van der Waals surface area contributed by atoms with Gasteiger partial charge in [0.2, 0.25) is 5.95 Å². The molecule has 1 atom stereocenters. The van der Waals surface area contributed by atoms with Crippen LogP contribution in [0.3, 0.4) is 0 Å². The Kier molecular flexibility index (Phi) is 8.20. The van der Waals surface area contributed by atoms with E-state index in [2.05, 4.69) is 63.3 Å². The van der Waals surface area contributed by atoms with Crippen LogP contribution in [0.1, 0.15) is 50.7 Å². The number of aromatic nitrogens is 3. The second-order valence-electron chi connectivity index (χ2n) is 10.7. The Bertz CT molecular complexity index is 1430. The lowest BCUT2D eigenvalue weighted by atomic mass is 9.92. The van der Waals surface area contributed by atoms with Crippen LogP contribution in [0.4, 0.5) is 11.8 Å². The minimum Gasteiger partial charge on any atom is -0.496 e. The highest BCUT2D eigenvalue weighted by Gasteiger charge is 2.26. The molecule has 208 valence electrons. The summed E-state index contributed by atoms with van der Waals surface area (Å²) in [6, 6.07) is 14.4. The van der Waals surface area contributed by atoms with E-state index in [0.29, 0.717) is 12.4 Å².